The molecule has 1 aromatic carbocycles. The zero-order valence-electron chi connectivity index (χ0n) is 18.9. The number of carbonyl (C=O) groups is 1. The van der Waals surface area contributed by atoms with Crippen molar-refractivity contribution < 1.29 is 22.2 Å². The molecule has 2 aromatic heterocycles. The predicted molar refractivity (Wildman–Crippen MR) is 125 cm³/mol. The molecule has 8 nitrogen and oxygen atoms in total. The second kappa shape index (κ2) is 9.36. The Morgan fingerprint density at radius 1 is 1.18 bits per heavy atom. The number of furan rings is 1. The number of rotatable bonds is 6. The quantitative estimate of drug-likeness (QED) is 0.574. The van der Waals surface area contributed by atoms with Crippen molar-refractivity contribution >= 4 is 33.8 Å². The Hall–Kier alpha value is -3.17. The van der Waals surface area contributed by atoms with Gasteiger partial charge < -0.3 is 14.3 Å². The fraction of sp³-hybridized carbons (Fsp3) is 0.333. The summed E-state index contributed by atoms with van der Waals surface area (Å²) in [4.78, 5) is 12.9. The number of nitrogens with zero attached hydrogens (tertiary/aromatic N) is 2. The molecule has 1 amide bonds. The number of anilines is 1. The average molecular weight is 470 g/mol. The number of hydrogen-bond acceptors (Lipinski definition) is 6. The molecule has 9 heteroatoms. The van der Waals surface area contributed by atoms with E-state index in [1.54, 1.807) is 25.1 Å². The highest BCUT2D eigenvalue weighted by atomic mass is 32.2. The summed E-state index contributed by atoms with van der Waals surface area (Å²) >= 11 is 0. The first-order valence-electron chi connectivity index (χ1n) is 10.8. The van der Waals surface area contributed by atoms with Crippen LogP contribution in [0.25, 0.3) is 12.2 Å². The Bertz CT molecular complexity index is 1280. The minimum atomic E-state index is -3.91. The van der Waals surface area contributed by atoms with Crippen LogP contribution < -0.4 is 5.32 Å². The summed E-state index contributed by atoms with van der Waals surface area (Å²) in [6.45, 7) is 6.02. The first kappa shape index (κ1) is 23.0. The van der Waals surface area contributed by atoms with E-state index >= 15 is 0 Å². The number of hydrogen-bond donors (Lipinski definition) is 1. The number of sulfonamides is 1. The van der Waals surface area contributed by atoms with Gasteiger partial charge in [0.1, 0.15) is 11.5 Å². The van der Waals surface area contributed by atoms with Gasteiger partial charge in [-0.15, -0.1) is 0 Å². The van der Waals surface area contributed by atoms with E-state index in [0.29, 0.717) is 30.8 Å². The number of aryl methyl sites for hydroxylation is 3. The van der Waals surface area contributed by atoms with E-state index in [2.05, 4.69) is 10.5 Å². The van der Waals surface area contributed by atoms with Crippen molar-refractivity contribution in [1.29, 1.82) is 0 Å². The third-order valence-electron chi connectivity index (χ3n) is 5.90. The molecule has 1 aliphatic heterocycles. The van der Waals surface area contributed by atoms with Crippen molar-refractivity contribution in [3.63, 3.8) is 0 Å². The fourth-order valence-corrected chi connectivity index (χ4v) is 5.68. The van der Waals surface area contributed by atoms with Crippen LogP contribution in [0.2, 0.25) is 0 Å². The molecule has 0 saturated carbocycles. The third-order valence-corrected chi connectivity index (χ3v) is 7.93. The van der Waals surface area contributed by atoms with Crippen LogP contribution in [0.15, 0.2) is 50.4 Å². The first-order valence-corrected chi connectivity index (χ1v) is 12.3. The van der Waals surface area contributed by atoms with E-state index in [9.17, 15) is 13.2 Å². The van der Waals surface area contributed by atoms with Gasteiger partial charge in [0.05, 0.1) is 12.2 Å². The lowest BCUT2D eigenvalue weighted by atomic mass is 9.98. The van der Waals surface area contributed by atoms with Crippen molar-refractivity contribution in [2.45, 2.75) is 38.5 Å². The molecule has 1 saturated heterocycles. The van der Waals surface area contributed by atoms with Crippen molar-refractivity contribution in [2.24, 2.45) is 5.92 Å². The minimum Gasteiger partial charge on any atom is -0.465 e. The van der Waals surface area contributed by atoms with Gasteiger partial charge in [0.15, 0.2) is 10.7 Å². The Labute approximate surface area is 193 Å². The van der Waals surface area contributed by atoms with Gasteiger partial charge in [0.25, 0.3) is 0 Å². The molecule has 33 heavy (non-hydrogen) atoms. The van der Waals surface area contributed by atoms with E-state index in [1.807, 2.05) is 32.0 Å². The summed E-state index contributed by atoms with van der Waals surface area (Å²) in [5, 5.41) is 6.79. The lowest BCUT2D eigenvalue weighted by Crippen LogP contribution is -2.43. The second-order valence-corrected chi connectivity index (χ2v) is 10.2. The van der Waals surface area contributed by atoms with Crippen molar-refractivity contribution in [3.05, 3.63) is 64.9 Å². The molecule has 0 aliphatic carbocycles. The number of piperidine rings is 1. The highest BCUT2D eigenvalue weighted by molar-refractivity contribution is 7.89. The van der Waals surface area contributed by atoms with Gasteiger partial charge in [0, 0.05) is 18.8 Å². The largest absolute Gasteiger partial charge is 0.465 e. The summed E-state index contributed by atoms with van der Waals surface area (Å²) in [6, 6.07) is 9.21. The Morgan fingerprint density at radius 3 is 2.73 bits per heavy atom. The summed E-state index contributed by atoms with van der Waals surface area (Å²) in [7, 11) is -3.91. The lowest BCUT2D eigenvalue weighted by Gasteiger charge is -2.31. The number of benzene rings is 1. The van der Waals surface area contributed by atoms with E-state index in [1.165, 1.54) is 16.6 Å². The van der Waals surface area contributed by atoms with Gasteiger partial charge in [-0.25, -0.2) is 8.42 Å². The molecule has 1 N–H and O–H groups in total. The van der Waals surface area contributed by atoms with Crippen LogP contribution in [0.1, 0.15) is 41.2 Å². The number of carbonyl (C=O) groups excluding carboxylic acids is 1. The zero-order valence-corrected chi connectivity index (χ0v) is 19.7. The van der Waals surface area contributed by atoms with Crippen molar-refractivity contribution in [3.8, 4) is 0 Å². The van der Waals surface area contributed by atoms with E-state index in [4.69, 9.17) is 8.94 Å². The van der Waals surface area contributed by atoms with Gasteiger partial charge >= 0.3 is 0 Å². The maximum Gasteiger partial charge on any atom is 0.248 e. The Balaban J connectivity index is 1.52. The van der Waals surface area contributed by atoms with Crippen LogP contribution in [0.3, 0.4) is 0 Å². The van der Waals surface area contributed by atoms with E-state index in [0.717, 1.165) is 11.1 Å². The molecule has 4 rings (SSSR count). The average Bonchev–Trinajstić information content (AvgIpc) is 3.44. The van der Waals surface area contributed by atoms with Crippen LogP contribution in [0.5, 0.6) is 0 Å². The monoisotopic (exact) mass is 469 g/mol. The lowest BCUT2D eigenvalue weighted by molar-refractivity contribution is -0.120. The summed E-state index contributed by atoms with van der Waals surface area (Å²) < 4.78 is 38.9. The van der Waals surface area contributed by atoms with E-state index in [-0.39, 0.29) is 28.8 Å². The molecule has 0 bridgehead atoms. The molecular weight excluding hydrogens is 442 g/mol. The molecule has 0 unspecified atom stereocenters. The smallest absolute Gasteiger partial charge is 0.248 e. The van der Waals surface area contributed by atoms with Crippen LogP contribution in [0, 0.1) is 26.7 Å². The SMILES string of the molecule is Cc1ccc(NC(=O)[C@@H]2CCCN(S(=O)(=O)c3c(C)noc3/C=C/c3ccco3)C2)cc1C. The molecule has 1 atom stereocenters. The highest BCUT2D eigenvalue weighted by Gasteiger charge is 2.37. The number of aromatic nitrogens is 1. The van der Waals surface area contributed by atoms with Crippen LogP contribution in [0.4, 0.5) is 5.69 Å². The van der Waals surface area contributed by atoms with Crippen LogP contribution in [-0.2, 0) is 14.8 Å². The Morgan fingerprint density at radius 2 is 2.00 bits per heavy atom. The molecule has 1 fully saturated rings. The van der Waals surface area contributed by atoms with Gasteiger partial charge in [-0.2, -0.15) is 4.31 Å². The van der Waals surface area contributed by atoms with Crippen LogP contribution >= 0.6 is 0 Å². The maximum atomic E-state index is 13.5. The third kappa shape index (κ3) is 4.94. The molecule has 3 heterocycles. The molecular formula is C24H27N3O5S. The number of nitrogens with one attached hydrogen (secondary N) is 1. The second-order valence-electron chi connectivity index (χ2n) is 8.30. The first-order chi connectivity index (χ1) is 15.8. The van der Waals surface area contributed by atoms with Crippen molar-refractivity contribution in [1.82, 2.24) is 9.46 Å². The van der Waals surface area contributed by atoms with Gasteiger partial charge in [-0.1, -0.05) is 11.2 Å². The molecule has 0 radical (unpaired) electrons. The summed E-state index contributed by atoms with van der Waals surface area (Å²) in [6.07, 6.45) is 5.89. The predicted octanol–water partition coefficient (Wildman–Crippen LogP) is 4.40. The molecule has 174 valence electrons. The topological polar surface area (TPSA) is 106 Å². The maximum absolute atomic E-state index is 13.5. The highest BCUT2D eigenvalue weighted by Crippen LogP contribution is 2.30. The summed E-state index contributed by atoms with van der Waals surface area (Å²) in [5.74, 6) is 0.0644. The normalized spacial score (nSPS) is 17.5. The molecule has 0 spiro atoms. The minimum absolute atomic E-state index is 0.0144. The van der Waals surface area contributed by atoms with Crippen molar-refractivity contribution in [2.75, 3.05) is 18.4 Å². The molecule has 1 aliphatic rings. The zero-order chi connectivity index (χ0) is 23.6. The van der Waals surface area contributed by atoms with Gasteiger partial charge in [-0.3, -0.25) is 4.79 Å². The summed E-state index contributed by atoms with van der Waals surface area (Å²) in [5.41, 5.74) is 3.21. The van der Waals surface area contributed by atoms with E-state index < -0.39 is 15.9 Å². The number of amides is 1. The van der Waals surface area contributed by atoms with Gasteiger partial charge in [-0.05, 0) is 81.2 Å². The standard InChI is InChI=1S/C24H27N3O5S/c1-16-8-9-20(14-17(16)2)25-24(28)19-6-4-12-27(15-19)33(29,30)23-18(3)26-32-22(23)11-10-21-7-5-13-31-21/h5,7-11,13-14,19H,4,6,12,15H2,1-3H3,(H,25,28)/b11-10+/t19-/m1/s1. The fourth-order valence-electron chi connectivity index (χ4n) is 3.91. The van der Waals surface area contributed by atoms with Gasteiger partial charge in [0.2, 0.25) is 15.9 Å². The van der Waals surface area contributed by atoms with Crippen LogP contribution in [-0.4, -0.2) is 36.9 Å². The Kier molecular flexibility index (Phi) is 6.53. The molecule has 3 aromatic rings.